The van der Waals surface area contributed by atoms with Crippen LogP contribution in [-0.2, 0) is 11.2 Å². The lowest BCUT2D eigenvalue weighted by molar-refractivity contribution is -0.116. The van der Waals surface area contributed by atoms with Crippen molar-refractivity contribution in [1.82, 2.24) is 4.98 Å². The predicted octanol–water partition coefficient (Wildman–Crippen LogP) is 3.81. The Morgan fingerprint density at radius 2 is 2.35 bits per heavy atom. The van der Waals surface area contributed by atoms with Crippen molar-refractivity contribution in [2.45, 2.75) is 11.3 Å². The number of thiazole rings is 1. The highest BCUT2D eigenvalue weighted by Gasteiger charge is 2.06. The summed E-state index contributed by atoms with van der Waals surface area (Å²) in [5, 5.41) is 2.79. The molecule has 2 aromatic rings. The number of benzene rings is 1. The first-order valence-corrected chi connectivity index (χ1v) is 7.68. The van der Waals surface area contributed by atoms with Gasteiger partial charge in [0.2, 0.25) is 0 Å². The Bertz CT molecular complexity index is 499. The van der Waals surface area contributed by atoms with Gasteiger partial charge in [0.25, 0.3) is 0 Å². The fourth-order valence-electron chi connectivity index (χ4n) is 1.28. The van der Waals surface area contributed by atoms with Crippen LogP contribution in [0.4, 0.5) is 0 Å². The molecule has 1 heterocycles. The van der Waals surface area contributed by atoms with Crippen molar-refractivity contribution in [2.24, 2.45) is 0 Å². The van der Waals surface area contributed by atoms with Crippen molar-refractivity contribution in [3.63, 3.8) is 0 Å². The molecule has 2 rings (SSSR count). The molecule has 5 heteroatoms. The van der Waals surface area contributed by atoms with E-state index in [1.54, 1.807) is 18.0 Å². The second kappa shape index (κ2) is 6.33. The van der Waals surface area contributed by atoms with Crippen LogP contribution in [0.3, 0.4) is 0 Å². The van der Waals surface area contributed by atoms with E-state index < -0.39 is 0 Å². The van der Waals surface area contributed by atoms with Gasteiger partial charge >= 0.3 is 0 Å². The average Bonchev–Trinajstić information content (AvgIpc) is 2.79. The first kappa shape index (κ1) is 12.8. The van der Waals surface area contributed by atoms with Crippen LogP contribution < -0.4 is 0 Å². The summed E-state index contributed by atoms with van der Waals surface area (Å²) in [4.78, 5) is 16.9. The van der Waals surface area contributed by atoms with Crippen LogP contribution in [0.2, 0.25) is 0 Å². The molecule has 0 N–H and O–H groups in total. The minimum atomic E-state index is 0.213. The van der Waals surface area contributed by atoms with Gasteiger partial charge in [0.05, 0.1) is 17.2 Å². The van der Waals surface area contributed by atoms with Gasteiger partial charge in [0.15, 0.2) is 0 Å². The maximum Gasteiger partial charge on any atom is 0.149 e. The maximum absolute atomic E-state index is 11.7. The molecule has 0 saturated carbocycles. The van der Waals surface area contributed by atoms with Crippen molar-refractivity contribution in [3.8, 4) is 0 Å². The molecule has 0 amide bonds. The van der Waals surface area contributed by atoms with Crippen molar-refractivity contribution in [2.75, 3.05) is 5.75 Å². The number of carbonyl (C=O) groups excluding carboxylic acids is 1. The van der Waals surface area contributed by atoms with Crippen molar-refractivity contribution >= 4 is 44.8 Å². The van der Waals surface area contributed by atoms with Crippen molar-refractivity contribution in [3.05, 3.63) is 45.3 Å². The number of aromatic nitrogens is 1. The molecular weight excluding hydrogens is 318 g/mol. The number of ketones is 1. The summed E-state index contributed by atoms with van der Waals surface area (Å²) in [5.74, 6) is 0.709. The fourth-order valence-corrected chi connectivity index (χ4v) is 3.29. The fraction of sp³-hybridized carbons (Fsp3) is 0.167. The normalized spacial score (nSPS) is 10.4. The van der Waals surface area contributed by atoms with E-state index >= 15 is 0 Å². The van der Waals surface area contributed by atoms with Crippen LogP contribution in [0, 0.1) is 0 Å². The van der Waals surface area contributed by atoms with Crippen LogP contribution in [-0.4, -0.2) is 16.5 Å². The first-order chi connectivity index (χ1) is 8.24. The van der Waals surface area contributed by atoms with E-state index in [1.165, 1.54) is 11.3 Å². The van der Waals surface area contributed by atoms with Gasteiger partial charge in [-0.15, -0.1) is 23.1 Å². The number of hydrogen-bond donors (Lipinski definition) is 0. The lowest BCUT2D eigenvalue weighted by atomic mass is 10.3. The molecule has 2 nitrogen and oxygen atoms in total. The zero-order valence-corrected chi connectivity index (χ0v) is 12.1. The summed E-state index contributed by atoms with van der Waals surface area (Å²) < 4.78 is 1.04. The molecule has 0 spiro atoms. The van der Waals surface area contributed by atoms with Crippen LogP contribution in [0.5, 0.6) is 0 Å². The molecule has 0 aliphatic carbocycles. The molecule has 0 saturated heterocycles. The lowest BCUT2D eigenvalue weighted by Crippen LogP contribution is -2.05. The van der Waals surface area contributed by atoms with E-state index in [1.807, 2.05) is 29.6 Å². The molecule has 17 heavy (non-hydrogen) atoms. The summed E-state index contributed by atoms with van der Waals surface area (Å²) in [5.41, 5.74) is 0. The van der Waals surface area contributed by atoms with Gasteiger partial charge in [-0.25, -0.2) is 4.98 Å². The van der Waals surface area contributed by atoms with Crippen LogP contribution in [0.15, 0.2) is 45.2 Å². The minimum absolute atomic E-state index is 0.213. The first-order valence-electron chi connectivity index (χ1n) is 5.02. The van der Waals surface area contributed by atoms with E-state index in [0.717, 1.165) is 14.4 Å². The summed E-state index contributed by atoms with van der Waals surface area (Å²) >= 11 is 6.50. The number of hydrogen-bond acceptors (Lipinski definition) is 4. The lowest BCUT2D eigenvalue weighted by Gasteiger charge is -2.00. The molecule has 0 fully saturated rings. The second-order valence-corrected chi connectivity index (χ2v) is 6.33. The molecule has 1 aromatic heterocycles. The smallest absolute Gasteiger partial charge is 0.149 e. The summed E-state index contributed by atoms with van der Waals surface area (Å²) in [7, 11) is 0. The van der Waals surface area contributed by atoms with Gasteiger partial charge in [0, 0.05) is 20.9 Å². The molecule has 0 bridgehead atoms. The molecular formula is C12H10BrNOS2. The van der Waals surface area contributed by atoms with Gasteiger partial charge in [-0.1, -0.05) is 22.0 Å². The topological polar surface area (TPSA) is 30.0 Å². The Hall–Kier alpha value is -0.650. The number of rotatable bonds is 5. The molecule has 88 valence electrons. The highest BCUT2D eigenvalue weighted by atomic mass is 79.9. The third kappa shape index (κ3) is 4.26. The molecule has 0 unspecified atom stereocenters. The molecule has 0 radical (unpaired) electrons. The zero-order valence-electron chi connectivity index (χ0n) is 8.93. The van der Waals surface area contributed by atoms with E-state index in [0.29, 0.717) is 12.2 Å². The summed E-state index contributed by atoms with van der Waals surface area (Å²) in [6.45, 7) is 0. The quantitative estimate of drug-likeness (QED) is 0.782. The molecule has 0 atom stereocenters. The third-order valence-electron chi connectivity index (χ3n) is 2.03. The molecule has 1 aromatic carbocycles. The highest BCUT2D eigenvalue weighted by Crippen LogP contribution is 2.22. The Morgan fingerprint density at radius 3 is 3.06 bits per heavy atom. The molecule has 0 aliphatic rings. The summed E-state index contributed by atoms with van der Waals surface area (Å²) in [6.07, 6.45) is 2.17. The van der Waals surface area contributed by atoms with E-state index in [4.69, 9.17) is 0 Å². The van der Waals surface area contributed by atoms with Gasteiger partial charge < -0.3 is 0 Å². The van der Waals surface area contributed by atoms with Crippen LogP contribution in [0.25, 0.3) is 0 Å². The van der Waals surface area contributed by atoms with E-state index in [-0.39, 0.29) is 5.78 Å². The van der Waals surface area contributed by atoms with E-state index in [9.17, 15) is 4.79 Å². The Kier molecular flexibility index (Phi) is 4.76. The number of carbonyl (C=O) groups is 1. The minimum Gasteiger partial charge on any atom is -0.298 e. The molecule has 0 aliphatic heterocycles. The number of nitrogens with zero attached hydrogens (tertiary/aromatic N) is 1. The van der Waals surface area contributed by atoms with Crippen LogP contribution >= 0.6 is 39.0 Å². The Morgan fingerprint density at radius 1 is 1.47 bits per heavy atom. The average molecular weight is 328 g/mol. The van der Waals surface area contributed by atoms with Gasteiger partial charge in [-0.3, -0.25) is 4.79 Å². The van der Waals surface area contributed by atoms with Crippen molar-refractivity contribution < 1.29 is 4.79 Å². The van der Waals surface area contributed by atoms with Crippen molar-refractivity contribution in [1.29, 1.82) is 0 Å². The predicted molar refractivity (Wildman–Crippen MR) is 75.7 cm³/mol. The summed E-state index contributed by atoms with van der Waals surface area (Å²) in [6, 6.07) is 7.96. The highest BCUT2D eigenvalue weighted by molar-refractivity contribution is 9.10. The SMILES string of the molecule is O=C(CSc1cccc(Br)c1)Cc1nccs1. The Labute approximate surface area is 117 Å². The van der Waals surface area contributed by atoms with Gasteiger partial charge in [-0.2, -0.15) is 0 Å². The van der Waals surface area contributed by atoms with Crippen LogP contribution in [0.1, 0.15) is 5.01 Å². The van der Waals surface area contributed by atoms with Gasteiger partial charge in [-0.05, 0) is 18.2 Å². The van der Waals surface area contributed by atoms with Gasteiger partial charge in [0.1, 0.15) is 5.78 Å². The zero-order chi connectivity index (χ0) is 12.1. The third-order valence-corrected chi connectivity index (χ3v) is 4.35. The van der Waals surface area contributed by atoms with E-state index in [2.05, 4.69) is 20.9 Å². The number of Topliss-reactive ketones (excluding diaryl/α,β-unsaturated/α-hetero) is 1. The maximum atomic E-state index is 11.7. The number of halogens is 1. The monoisotopic (exact) mass is 327 g/mol. The Balaban J connectivity index is 1.84. The standard InChI is InChI=1S/C12H10BrNOS2/c13-9-2-1-3-11(6-9)17-8-10(15)7-12-14-4-5-16-12/h1-6H,7-8H2. The second-order valence-electron chi connectivity index (χ2n) is 3.39. The largest absolute Gasteiger partial charge is 0.298 e. The number of thioether (sulfide) groups is 1.